The van der Waals surface area contributed by atoms with E-state index in [0.29, 0.717) is 22.6 Å². The number of hydrogen-bond donors (Lipinski definition) is 1. The lowest BCUT2D eigenvalue weighted by atomic mass is 10.0. The number of methoxy groups -OCH3 is 1. The van der Waals surface area contributed by atoms with Gasteiger partial charge in [-0.15, -0.1) is 0 Å². The van der Waals surface area contributed by atoms with Gasteiger partial charge in [-0.3, -0.25) is 9.59 Å². The Hall–Kier alpha value is -2.82. The first-order valence-corrected chi connectivity index (χ1v) is 8.95. The molecule has 1 fully saturated rings. The van der Waals surface area contributed by atoms with Crippen LogP contribution in [0.1, 0.15) is 46.9 Å². The van der Waals surface area contributed by atoms with Gasteiger partial charge in [0.05, 0.1) is 18.4 Å². The molecule has 1 atom stereocenters. The van der Waals surface area contributed by atoms with Crippen molar-refractivity contribution in [1.29, 1.82) is 0 Å². The van der Waals surface area contributed by atoms with Gasteiger partial charge in [0.25, 0.3) is 11.8 Å². The summed E-state index contributed by atoms with van der Waals surface area (Å²) in [5.74, 6) is 0.415. The molecule has 0 saturated carbocycles. The smallest absolute Gasteiger partial charge is 0.256 e. The molecule has 2 aromatic carbocycles. The fraction of sp³-hybridized carbons (Fsp3) is 0.333. The van der Waals surface area contributed by atoms with E-state index in [0.717, 1.165) is 25.8 Å². The van der Waals surface area contributed by atoms with Crippen molar-refractivity contribution >= 4 is 17.5 Å². The Bertz CT molecular complexity index is 786. The van der Waals surface area contributed by atoms with Crippen LogP contribution in [-0.2, 0) is 0 Å². The van der Waals surface area contributed by atoms with Crippen LogP contribution in [0.4, 0.5) is 5.69 Å². The highest BCUT2D eigenvalue weighted by Crippen LogP contribution is 2.24. The Morgan fingerprint density at radius 1 is 1.08 bits per heavy atom. The first-order valence-electron chi connectivity index (χ1n) is 8.95. The van der Waals surface area contributed by atoms with Crippen molar-refractivity contribution in [2.24, 2.45) is 0 Å². The van der Waals surface area contributed by atoms with Crippen LogP contribution in [-0.4, -0.2) is 36.4 Å². The summed E-state index contributed by atoms with van der Waals surface area (Å²) in [7, 11) is 1.58. The first kappa shape index (κ1) is 18.0. The number of likely N-dealkylation sites (tertiary alicyclic amines) is 1. The molecular weight excluding hydrogens is 328 g/mol. The Morgan fingerprint density at radius 3 is 2.50 bits per heavy atom. The van der Waals surface area contributed by atoms with Gasteiger partial charge in [-0.05, 0) is 62.6 Å². The number of nitrogens with one attached hydrogen (secondary N) is 1. The van der Waals surface area contributed by atoms with E-state index in [1.807, 2.05) is 17.0 Å². The Balaban J connectivity index is 1.80. The minimum Gasteiger partial charge on any atom is -0.497 e. The zero-order chi connectivity index (χ0) is 18.5. The molecule has 0 radical (unpaired) electrons. The average Bonchev–Trinajstić information content (AvgIpc) is 2.68. The first-order chi connectivity index (χ1) is 12.6. The normalized spacial score (nSPS) is 16.8. The summed E-state index contributed by atoms with van der Waals surface area (Å²) < 4.78 is 5.11. The molecule has 0 spiro atoms. The zero-order valence-electron chi connectivity index (χ0n) is 15.2. The van der Waals surface area contributed by atoms with E-state index in [1.165, 1.54) is 0 Å². The summed E-state index contributed by atoms with van der Waals surface area (Å²) in [6.45, 7) is 2.84. The number of para-hydroxylation sites is 1. The molecule has 1 aliphatic heterocycles. The second-order valence-electron chi connectivity index (χ2n) is 6.57. The number of carbonyl (C=O) groups is 2. The number of ether oxygens (including phenoxy) is 1. The van der Waals surface area contributed by atoms with Gasteiger partial charge >= 0.3 is 0 Å². The molecular formula is C21H24N2O3. The molecule has 1 N–H and O–H groups in total. The molecule has 26 heavy (non-hydrogen) atoms. The van der Waals surface area contributed by atoms with Crippen molar-refractivity contribution in [3.63, 3.8) is 0 Å². The van der Waals surface area contributed by atoms with Gasteiger partial charge in [-0.1, -0.05) is 12.1 Å². The van der Waals surface area contributed by atoms with E-state index in [2.05, 4.69) is 12.2 Å². The molecule has 136 valence electrons. The van der Waals surface area contributed by atoms with Crippen LogP contribution < -0.4 is 10.1 Å². The predicted molar refractivity (Wildman–Crippen MR) is 102 cm³/mol. The fourth-order valence-corrected chi connectivity index (χ4v) is 3.27. The SMILES string of the molecule is COc1ccc(C(=O)Nc2ccccc2C(=O)N2CCCC[C@@H]2C)cc1. The summed E-state index contributed by atoms with van der Waals surface area (Å²) in [6.07, 6.45) is 3.20. The van der Waals surface area contributed by atoms with E-state index in [4.69, 9.17) is 4.74 Å². The van der Waals surface area contributed by atoms with Crippen LogP contribution in [0, 0.1) is 0 Å². The van der Waals surface area contributed by atoms with Crippen molar-refractivity contribution in [1.82, 2.24) is 4.90 Å². The largest absolute Gasteiger partial charge is 0.497 e. The third-order valence-electron chi connectivity index (χ3n) is 4.82. The van der Waals surface area contributed by atoms with Crippen LogP contribution in [0.25, 0.3) is 0 Å². The van der Waals surface area contributed by atoms with Crippen molar-refractivity contribution in [3.05, 3.63) is 59.7 Å². The number of amides is 2. The Morgan fingerprint density at radius 2 is 1.81 bits per heavy atom. The molecule has 5 heteroatoms. The number of nitrogens with zero attached hydrogens (tertiary/aromatic N) is 1. The van der Waals surface area contributed by atoms with Gasteiger partial charge in [0.1, 0.15) is 5.75 Å². The van der Waals surface area contributed by atoms with Gasteiger partial charge in [0.15, 0.2) is 0 Å². The molecule has 0 unspecified atom stereocenters. The minimum absolute atomic E-state index is 0.0252. The maximum absolute atomic E-state index is 13.0. The molecule has 1 heterocycles. The zero-order valence-corrected chi connectivity index (χ0v) is 15.2. The van der Waals surface area contributed by atoms with Crippen LogP contribution in [0.5, 0.6) is 5.75 Å². The standard InChI is InChI=1S/C21H24N2O3/c1-15-7-5-6-14-23(15)21(25)18-8-3-4-9-19(18)22-20(24)16-10-12-17(26-2)13-11-16/h3-4,8-13,15H,5-7,14H2,1-2H3,(H,22,24)/t15-/m0/s1. The van der Waals surface area contributed by atoms with E-state index in [-0.39, 0.29) is 17.9 Å². The minimum atomic E-state index is -0.250. The van der Waals surface area contributed by atoms with E-state index >= 15 is 0 Å². The molecule has 3 rings (SSSR count). The summed E-state index contributed by atoms with van der Waals surface area (Å²) in [5.41, 5.74) is 1.58. The molecule has 2 amide bonds. The summed E-state index contributed by atoms with van der Waals surface area (Å²) >= 11 is 0. The van der Waals surface area contributed by atoms with Crippen molar-refractivity contribution < 1.29 is 14.3 Å². The van der Waals surface area contributed by atoms with Crippen LogP contribution in [0.3, 0.4) is 0 Å². The molecule has 1 saturated heterocycles. The van der Waals surface area contributed by atoms with Crippen LogP contribution >= 0.6 is 0 Å². The van der Waals surface area contributed by atoms with E-state index in [1.54, 1.807) is 43.5 Å². The average molecular weight is 352 g/mol. The molecule has 0 bridgehead atoms. The maximum atomic E-state index is 13.0. The number of piperidine rings is 1. The molecule has 1 aliphatic rings. The quantitative estimate of drug-likeness (QED) is 0.906. The third kappa shape index (κ3) is 3.87. The summed E-state index contributed by atoms with van der Waals surface area (Å²) in [5, 5.41) is 2.87. The lowest BCUT2D eigenvalue weighted by molar-refractivity contribution is 0.0636. The summed E-state index contributed by atoms with van der Waals surface area (Å²) in [4.78, 5) is 27.4. The Kier molecular flexibility index (Phi) is 5.56. The van der Waals surface area contributed by atoms with E-state index in [9.17, 15) is 9.59 Å². The highest BCUT2D eigenvalue weighted by molar-refractivity contribution is 6.09. The number of rotatable bonds is 4. The van der Waals surface area contributed by atoms with Gasteiger partial charge in [0.2, 0.25) is 0 Å². The summed E-state index contributed by atoms with van der Waals surface area (Å²) in [6, 6.07) is 14.3. The van der Waals surface area contributed by atoms with Crippen molar-refractivity contribution in [2.45, 2.75) is 32.2 Å². The van der Waals surface area contributed by atoms with Crippen molar-refractivity contribution in [2.75, 3.05) is 19.0 Å². The third-order valence-corrected chi connectivity index (χ3v) is 4.82. The molecule has 5 nitrogen and oxygen atoms in total. The van der Waals surface area contributed by atoms with Gasteiger partial charge in [0, 0.05) is 18.2 Å². The Labute approximate surface area is 154 Å². The van der Waals surface area contributed by atoms with Crippen molar-refractivity contribution in [3.8, 4) is 5.75 Å². The van der Waals surface area contributed by atoms with Crippen LogP contribution in [0.2, 0.25) is 0 Å². The fourth-order valence-electron chi connectivity index (χ4n) is 3.27. The van der Waals surface area contributed by atoms with Gasteiger partial charge in [-0.2, -0.15) is 0 Å². The van der Waals surface area contributed by atoms with Gasteiger partial charge in [-0.25, -0.2) is 0 Å². The number of hydrogen-bond acceptors (Lipinski definition) is 3. The molecule has 0 aromatic heterocycles. The highest BCUT2D eigenvalue weighted by Gasteiger charge is 2.26. The molecule has 0 aliphatic carbocycles. The second kappa shape index (κ2) is 8.04. The monoisotopic (exact) mass is 352 g/mol. The topological polar surface area (TPSA) is 58.6 Å². The second-order valence-corrected chi connectivity index (χ2v) is 6.57. The number of anilines is 1. The maximum Gasteiger partial charge on any atom is 0.256 e. The number of benzene rings is 2. The lowest BCUT2D eigenvalue weighted by Crippen LogP contribution is -2.42. The molecule has 2 aromatic rings. The lowest BCUT2D eigenvalue weighted by Gasteiger charge is -2.33. The highest BCUT2D eigenvalue weighted by atomic mass is 16.5. The van der Waals surface area contributed by atoms with Gasteiger partial charge < -0.3 is 15.0 Å². The number of carbonyl (C=O) groups excluding carboxylic acids is 2. The predicted octanol–water partition coefficient (Wildman–Crippen LogP) is 3.96. The van der Waals surface area contributed by atoms with E-state index < -0.39 is 0 Å². The van der Waals surface area contributed by atoms with Crippen LogP contribution in [0.15, 0.2) is 48.5 Å².